The van der Waals surface area contributed by atoms with Gasteiger partial charge in [0.15, 0.2) is 16.1 Å². The lowest BCUT2D eigenvalue weighted by Gasteiger charge is -2.37. The van der Waals surface area contributed by atoms with E-state index in [1.54, 1.807) is 12.1 Å². The van der Waals surface area contributed by atoms with Gasteiger partial charge in [0, 0.05) is 4.47 Å². The lowest BCUT2D eigenvalue weighted by molar-refractivity contribution is 0.426. The van der Waals surface area contributed by atoms with Crippen LogP contribution in [0.1, 0.15) is 0 Å². The molecule has 0 aliphatic rings. The topological polar surface area (TPSA) is 40.5 Å². The van der Waals surface area contributed by atoms with E-state index in [9.17, 15) is 0 Å². The second-order valence-corrected chi connectivity index (χ2v) is 31.1. The first-order chi connectivity index (χ1) is 44.4. The van der Waals surface area contributed by atoms with E-state index in [1.807, 2.05) is 30.3 Å². The van der Waals surface area contributed by atoms with Crippen LogP contribution < -0.4 is 47.0 Å². The minimum atomic E-state index is -2.80. The Kier molecular flexibility index (Phi) is 16.4. The molecule has 0 fully saturated rings. The highest BCUT2D eigenvalue weighted by atomic mass is 79.9. The number of halogens is 1. The van der Waals surface area contributed by atoms with Crippen molar-refractivity contribution in [2.45, 2.75) is 0 Å². The van der Waals surface area contributed by atoms with E-state index in [1.165, 1.54) is 111 Å². The van der Waals surface area contributed by atoms with Gasteiger partial charge in [-0.1, -0.05) is 358 Å². The Morgan fingerprint density at radius 2 is 0.489 bits per heavy atom. The van der Waals surface area contributed by atoms with Crippen LogP contribution in [0.15, 0.2) is 368 Å². The number of benzene rings is 16. The molecule has 0 saturated heterocycles. The van der Waals surface area contributed by atoms with Crippen LogP contribution in [0.2, 0.25) is 0 Å². The fourth-order valence-electron chi connectivity index (χ4n) is 14.0. The third-order valence-corrected chi connectivity index (χ3v) is 28.5. The van der Waals surface area contributed by atoms with Crippen molar-refractivity contribution in [3.63, 3.8) is 0 Å². The Balaban J connectivity index is 0.000000133. The van der Waals surface area contributed by atoms with Gasteiger partial charge in [-0.2, -0.15) is 0 Å². The summed E-state index contributed by atoms with van der Waals surface area (Å²) < 4.78 is 1.17. The zero-order chi connectivity index (χ0) is 60.9. The first kappa shape index (κ1) is 57.7. The van der Waals surface area contributed by atoms with Crippen molar-refractivity contribution in [2.75, 3.05) is 0 Å². The van der Waals surface area contributed by atoms with E-state index in [-0.39, 0.29) is 0 Å². The molecule has 2 N–H and O–H groups in total. The molecule has 0 bridgehead atoms. The molecule has 0 aliphatic carbocycles. The molecule has 16 rings (SSSR count). The Hall–Kier alpha value is -10.0. The maximum atomic E-state index is 8.94. The molecule has 0 unspecified atom stereocenters. The fourth-order valence-corrected chi connectivity index (χ4v) is 25.1. The molecule has 0 aliphatic heterocycles. The van der Waals surface area contributed by atoms with Gasteiger partial charge in [-0.25, -0.2) is 0 Å². The lowest BCUT2D eigenvalue weighted by atomic mass is 9.79. The fraction of sp³-hybridized carbons (Fsp3) is 0. The number of hydrogen-bond acceptors (Lipinski definition) is 2. The van der Waals surface area contributed by atoms with Gasteiger partial charge in [0.25, 0.3) is 0 Å². The number of fused-ring (bicyclic) bond motifs is 6. The van der Waals surface area contributed by atoms with Crippen molar-refractivity contribution in [1.82, 2.24) is 0 Å². The Labute approximate surface area is 536 Å². The summed E-state index contributed by atoms with van der Waals surface area (Å²) in [6, 6.07) is 132. The van der Waals surface area contributed by atoms with Gasteiger partial charge < -0.3 is 10.0 Å². The SMILES string of the molecule is Brc1c2ccccc2c([Si](c2ccccc2)(c2ccccc2)c2ccccc2)c2ccccc12.OB(O)c1ccc2ccccc2c1.c1ccc([Si](c2ccccc2)(c2ccccc2)c2c3ccccc3c(-c3ccc4ccccc4c3)c3ccccc23)cc1. The summed E-state index contributed by atoms with van der Waals surface area (Å²) in [7, 11) is -6.85. The third kappa shape index (κ3) is 10.5. The molecule has 0 atom stereocenters. The predicted octanol–water partition coefficient (Wildman–Crippen LogP) is 14.8. The van der Waals surface area contributed by atoms with Crippen LogP contribution in [0.3, 0.4) is 0 Å². The van der Waals surface area contributed by atoms with Crippen molar-refractivity contribution < 1.29 is 10.0 Å². The van der Waals surface area contributed by atoms with Crippen LogP contribution in [0.4, 0.5) is 0 Å². The van der Waals surface area contributed by atoms with Gasteiger partial charge >= 0.3 is 7.12 Å². The van der Waals surface area contributed by atoms with E-state index < -0.39 is 23.3 Å². The summed E-state index contributed by atoms with van der Waals surface area (Å²) in [6.45, 7) is 0. The summed E-state index contributed by atoms with van der Waals surface area (Å²) in [5.74, 6) is 0. The molecule has 0 amide bonds. The van der Waals surface area contributed by atoms with Crippen LogP contribution >= 0.6 is 15.9 Å². The molecule has 0 saturated carbocycles. The molecule has 6 heteroatoms. The zero-order valence-electron chi connectivity index (χ0n) is 49.5. The summed E-state index contributed by atoms with van der Waals surface area (Å²) in [6.07, 6.45) is 0. The molecule has 0 radical (unpaired) electrons. The average molecular weight is 1250 g/mol. The molecule has 2 nitrogen and oxygen atoms in total. The highest BCUT2D eigenvalue weighted by Gasteiger charge is 2.45. The molecular weight excluding hydrogens is 1190 g/mol. The largest absolute Gasteiger partial charge is 0.488 e. The van der Waals surface area contributed by atoms with Gasteiger partial charge in [0.2, 0.25) is 0 Å². The van der Waals surface area contributed by atoms with Gasteiger partial charge in [-0.15, -0.1) is 0 Å². The molecule has 0 spiro atoms. The van der Waals surface area contributed by atoms with E-state index >= 15 is 0 Å². The number of hydrogen-bond donors (Lipinski definition) is 2. The lowest BCUT2D eigenvalue weighted by Crippen LogP contribution is -2.75. The quantitative estimate of drug-likeness (QED) is 0.0814. The van der Waals surface area contributed by atoms with Crippen molar-refractivity contribution in [2.24, 2.45) is 0 Å². The normalized spacial score (nSPS) is 11.5. The second-order valence-electron chi connectivity index (χ2n) is 22.9. The van der Waals surface area contributed by atoms with Crippen molar-refractivity contribution >= 4 is 151 Å². The molecule has 16 aromatic rings. The zero-order valence-corrected chi connectivity index (χ0v) is 53.1. The molecule has 0 aromatic heterocycles. The van der Waals surface area contributed by atoms with Gasteiger partial charge in [-0.05, 0) is 145 Å². The van der Waals surface area contributed by atoms with Crippen molar-refractivity contribution in [1.29, 1.82) is 0 Å². The minimum Gasteiger partial charge on any atom is -0.423 e. The molecule has 16 aromatic carbocycles. The van der Waals surface area contributed by atoms with Crippen LogP contribution in [-0.2, 0) is 0 Å². The molecule has 428 valence electrons. The van der Waals surface area contributed by atoms with Crippen LogP contribution in [0.5, 0.6) is 0 Å². The third-order valence-electron chi connectivity index (χ3n) is 17.9. The second kappa shape index (κ2) is 25.6. The highest BCUT2D eigenvalue weighted by Crippen LogP contribution is 2.39. The first-order valence-electron chi connectivity index (χ1n) is 30.6. The maximum absolute atomic E-state index is 8.94. The van der Waals surface area contributed by atoms with E-state index in [0.29, 0.717) is 5.46 Å². The van der Waals surface area contributed by atoms with Gasteiger partial charge in [-0.3, -0.25) is 0 Å². The maximum Gasteiger partial charge on any atom is 0.488 e. The van der Waals surface area contributed by atoms with Crippen molar-refractivity contribution in [3.05, 3.63) is 368 Å². The molecular formula is C84H62BBrO2Si2. The predicted molar refractivity (Wildman–Crippen MR) is 395 cm³/mol. The monoisotopic (exact) mass is 1250 g/mol. The van der Waals surface area contributed by atoms with Crippen molar-refractivity contribution in [3.8, 4) is 11.1 Å². The average Bonchev–Trinajstić information content (AvgIpc) is 0.724. The van der Waals surface area contributed by atoms with Gasteiger partial charge in [0.05, 0.1) is 0 Å². The summed E-state index contributed by atoms with van der Waals surface area (Å²) in [4.78, 5) is 0. The van der Waals surface area contributed by atoms with E-state index in [2.05, 4.69) is 337 Å². The van der Waals surface area contributed by atoms with Crippen LogP contribution in [0.25, 0.3) is 75.8 Å². The van der Waals surface area contributed by atoms with Crippen LogP contribution in [-0.4, -0.2) is 33.3 Å². The minimum absolute atomic E-state index is 0.527. The summed E-state index contributed by atoms with van der Waals surface area (Å²) in [5.41, 5.74) is 3.08. The Bertz CT molecular complexity index is 4860. The molecule has 90 heavy (non-hydrogen) atoms. The number of rotatable bonds is 10. The smallest absolute Gasteiger partial charge is 0.423 e. The van der Waals surface area contributed by atoms with E-state index in [0.717, 1.165) is 10.8 Å². The van der Waals surface area contributed by atoms with Gasteiger partial charge in [0.1, 0.15) is 0 Å². The summed E-state index contributed by atoms with van der Waals surface area (Å²) in [5, 5.41) is 44.2. The Morgan fingerprint density at radius 3 is 0.822 bits per heavy atom. The highest BCUT2D eigenvalue weighted by molar-refractivity contribution is 9.10. The standard InChI is InChI=1S/C42H30Si.C32H23BrSi.C10H9BO2/c1-4-18-34(19-5-1)43(35-20-6-2-7-21-35,36-22-8-3-9-23-36)42-39-26-14-12-24-37(39)41(38-25-13-15-27-40(38)42)33-29-28-31-16-10-11-17-32(31)30-33;33-31-27-20-10-12-22-29(27)32(30-23-13-11-21-28(30)31)34(24-14-4-1-5-15-24,25-16-6-2-7-17-25)26-18-8-3-9-19-26;12-11(13)10-6-5-8-3-1-2-4-9(8)7-10/h1-30H;1-23H;1-7,12-13H. The summed E-state index contributed by atoms with van der Waals surface area (Å²) >= 11 is 3.97. The molecule has 0 heterocycles. The first-order valence-corrected chi connectivity index (χ1v) is 35.4. The van der Waals surface area contributed by atoms with Crippen LogP contribution in [0, 0.1) is 0 Å². The van der Waals surface area contributed by atoms with E-state index in [4.69, 9.17) is 10.0 Å². The Morgan fingerprint density at radius 1 is 0.233 bits per heavy atom.